The lowest BCUT2D eigenvalue weighted by molar-refractivity contribution is 0.0416. The van der Waals surface area contributed by atoms with E-state index < -0.39 is 21.1 Å². The molecule has 0 aliphatic carbocycles. The standard InChI is InChI=1S/C13H11NO6S/c15-13(16)11-5-10(14-20-11)9-3-1-2-4-12(9)21(17,18)8-6-19-7-8/h1-5,8H,6-7H2,(H,15,16). The monoisotopic (exact) mass is 309 g/mol. The van der Waals surface area contributed by atoms with E-state index in [9.17, 15) is 13.2 Å². The van der Waals surface area contributed by atoms with Crippen LogP contribution in [0, 0.1) is 0 Å². The van der Waals surface area contributed by atoms with Crippen LogP contribution < -0.4 is 0 Å². The number of aromatic carboxylic acids is 1. The van der Waals surface area contributed by atoms with Crippen molar-refractivity contribution in [2.45, 2.75) is 10.1 Å². The fourth-order valence-corrected chi connectivity index (χ4v) is 3.66. The summed E-state index contributed by atoms with van der Waals surface area (Å²) in [6, 6.07) is 7.50. The molecule has 0 atom stereocenters. The third-order valence-corrected chi connectivity index (χ3v) is 5.36. The third kappa shape index (κ3) is 2.32. The van der Waals surface area contributed by atoms with Gasteiger partial charge in [-0.25, -0.2) is 13.2 Å². The predicted octanol–water partition coefficient (Wildman–Crippen LogP) is 1.21. The molecule has 1 aromatic carbocycles. The molecule has 2 aromatic rings. The van der Waals surface area contributed by atoms with Crippen LogP contribution in [-0.4, -0.2) is 43.1 Å². The zero-order chi connectivity index (χ0) is 15.0. The quantitative estimate of drug-likeness (QED) is 0.904. The Balaban J connectivity index is 2.09. The molecule has 1 fully saturated rings. The van der Waals surface area contributed by atoms with Gasteiger partial charge in [-0.1, -0.05) is 23.4 Å². The molecule has 2 heterocycles. The van der Waals surface area contributed by atoms with Gasteiger partial charge in [0.15, 0.2) is 9.84 Å². The molecular weight excluding hydrogens is 298 g/mol. The number of rotatable bonds is 4. The van der Waals surface area contributed by atoms with Gasteiger partial charge in [-0.2, -0.15) is 0 Å². The molecule has 8 heteroatoms. The Morgan fingerprint density at radius 3 is 2.57 bits per heavy atom. The van der Waals surface area contributed by atoms with Crippen LogP contribution in [0.1, 0.15) is 10.6 Å². The maximum absolute atomic E-state index is 12.5. The average Bonchev–Trinajstić information content (AvgIpc) is 2.85. The molecule has 3 rings (SSSR count). The largest absolute Gasteiger partial charge is 0.475 e. The Labute approximate surface area is 120 Å². The number of carboxylic acid groups (broad SMARTS) is 1. The Bertz CT molecular complexity index is 790. The molecule has 0 spiro atoms. The maximum atomic E-state index is 12.5. The summed E-state index contributed by atoms with van der Waals surface area (Å²) in [6.45, 7) is 0.325. The van der Waals surface area contributed by atoms with E-state index in [4.69, 9.17) is 9.84 Å². The lowest BCUT2D eigenvalue weighted by Crippen LogP contribution is -2.40. The van der Waals surface area contributed by atoms with Crippen LogP contribution in [0.3, 0.4) is 0 Å². The topological polar surface area (TPSA) is 107 Å². The maximum Gasteiger partial charge on any atom is 0.374 e. The minimum atomic E-state index is -3.55. The first-order valence-corrected chi connectivity index (χ1v) is 7.66. The number of hydrogen-bond donors (Lipinski definition) is 1. The summed E-state index contributed by atoms with van der Waals surface area (Å²) in [4.78, 5) is 10.9. The summed E-state index contributed by atoms with van der Waals surface area (Å²) < 4.78 is 34.6. The normalized spacial score (nSPS) is 15.6. The number of ether oxygens (including phenoxy) is 1. The van der Waals surface area contributed by atoms with Gasteiger partial charge in [0.2, 0.25) is 5.76 Å². The van der Waals surface area contributed by atoms with Gasteiger partial charge in [0, 0.05) is 11.6 Å². The van der Waals surface area contributed by atoms with E-state index >= 15 is 0 Å². The summed E-state index contributed by atoms with van der Waals surface area (Å²) in [5, 5.41) is 11.9. The molecule has 0 bridgehead atoms. The van der Waals surface area contributed by atoms with Crippen molar-refractivity contribution in [1.82, 2.24) is 5.16 Å². The highest BCUT2D eigenvalue weighted by atomic mass is 32.2. The molecule has 1 N–H and O–H groups in total. The van der Waals surface area contributed by atoms with Crippen LogP contribution in [0.5, 0.6) is 0 Å². The Morgan fingerprint density at radius 1 is 1.29 bits per heavy atom. The second-order valence-corrected chi connectivity index (χ2v) is 6.78. The Hall–Kier alpha value is -2.19. The number of hydrogen-bond acceptors (Lipinski definition) is 6. The van der Waals surface area contributed by atoms with Crippen molar-refractivity contribution in [2.24, 2.45) is 0 Å². The number of sulfone groups is 1. The summed E-state index contributed by atoms with van der Waals surface area (Å²) in [7, 11) is -3.55. The minimum Gasteiger partial charge on any atom is -0.475 e. The number of benzene rings is 1. The van der Waals surface area contributed by atoms with Crippen molar-refractivity contribution in [3.8, 4) is 11.3 Å². The Morgan fingerprint density at radius 2 is 2.00 bits per heavy atom. The number of nitrogens with zero attached hydrogens (tertiary/aromatic N) is 1. The van der Waals surface area contributed by atoms with Gasteiger partial charge < -0.3 is 14.4 Å². The van der Waals surface area contributed by atoms with E-state index in [0.29, 0.717) is 5.56 Å². The summed E-state index contributed by atoms with van der Waals surface area (Å²) in [5.74, 6) is -1.61. The first-order valence-electron chi connectivity index (χ1n) is 6.11. The third-order valence-electron chi connectivity index (χ3n) is 3.24. The number of carboxylic acids is 1. The van der Waals surface area contributed by atoms with Crippen molar-refractivity contribution >= 4 is 15.8 Å². The van der Waals surface area contributed by atoms with Crippen molar-refractivity contribution in [3.63, 3.8) is 0 Å². The number of aromatic nitrogens is 1. The van der Waals surface area contributed by atoms with Crippen molar-refractivity contribution in [1.29, 1.82) is 0 Å². The molecule has 1 aromatic heterocycles. The lowest BCUT2D eigenvalue weighted by Gasteiger charge is -2.26. The van der Waals surface area contributed by atoms with Gasteiger partial charge in [0.1, 0.15) is 10.9 Å². The second-order valence-electron chi connectivity index (χ2n) is 4.58. The zero-order valence-corrected chi connectivity index (χ0v) is 11.5. The molecule has 7 nitrogen and oxygen atoms in total. The average molecular weight is 309 g/mol. The van der Waals surface area contributed by atoms with Crippen LogP contribution in [0.25, 0.3) is 11.3 Å². The summed E-state index contributed by atoms with van der Waals surface area (Å²) >= 11 is 0. The Kier molecular flexibility index (Phi) is 3.26. The van der Waals surface area contributed by atoms with Crippen molar-refractivity contribution < 1.29 is 27.6 Å². The minimum absolute atomic E-state index is 0.100. The summed E-state index contributed by atoms with van der Waals surface area (Å²) in [6.07, 6.45) is 0. The highest BCUT2D eigenvalue weighted by Crippen LogP contribution is 2.31. The van der Waals surface area contributed by atoms with Gasteiger partial charge in [0.05, 0.1) is 18.1 Å². The van der Waals surface area contributed by atoms with Gasteiger partial charge in [0.25, 0.3) is 0 Å². The van der Waals surface area contributed by atoms with Gasteiger partial charge in [-0.15, -0.1) is 0 Å². The van der Waals surface area contributed by atoms with E-state index in [2.05, 4.69) is 9.68 Å². The highest BCUT2D eigenvalue weighted by Gasteiger charge is 2.35. The van der Waals surface area contributed by atoms with Crippen molar-refractivity contribution in [3.05, 3.63) is 36.1 Å². The SMILES string of the molecule is O=C(O)c1cc(-c2ccccc2S(=O)(=O)C2COC2)no1. The van der Waals surface area contributed by atoms with E-state index in [0.717, 1.165) is 0 Å². The van der Waals surface area contributed by atoms with Gasteiger partial charge in [-0.05, 0) is 6.07 Å². The molecule has 21 heavy (non-hydrogen) atoms. The second kappa shape index (κ2) is 4.97. The van der Waals surface area contributed by atoms with Crippen LogP contribution in [0.2, 0.25) is 0 Å². The summed E-state index contributed by atoms with van der Waals surface area (Å²) in [5.41, 5.74) is 0.493. The van der Waals surface area contributed by atoms with Crippen LogP contribution in [0.15, 0.2) is 39.8 Å². The fraction of sp³-hybridized carbons (Fsp3) is 0.231. The van der Waals surface area contributed by atoms with Gasteiger partial charge >= 0.3 is 5.97 Å². The highest BCUT2D eigenvalue weighted by molar-refractivity contribution is 7.92. The molecule has 110 valence electrons. The first kappa shape index (κ1) is 13.8. The van der Waals surface area contributed by atoms with Crippen molar-refractivity contribution in [2.75, 3.05) is 13.2 Å². The van der Waals surface area contributed by atoms with Crippen LogP contribution in [-0.2, 0) is 14.6 Å². The lowest BCUT2D eigenvalue weighted by atomic mass is 10.1. The fourth-order valence-electron chi connectivity index (χ4n) is 2.00. The molecular formula is C13H11NO6S. The molecule has 0 saturated carbocycles. The van der Waals surface area contributed by atoms with E-state index in [-0.39, 0.29) is 29.6 Å². The number of carbonyl (C=O) groups is 1. The van der Waals surface area contributed by atoms with E-state index in [1.807, 2.05) is 0 Å². The molecule has 1 aliphatic heterocycles. The van der Waals surface area contributed by atoms with Gasteiger partial charge in [-0.3, -0.25) is 0 Å². The molecule has 1 aliphatic rings. The molecule has 0 unspecified atom stereocenters. The predicted molar refractivity (Wildman–Crippen MR) is 70.7 cm³/mol. The van der Waals surface area contributed by atoms with E-state index in [1.54, 1.807) is 18.2 Å². The molecule has 0 amide bonds. The van der Waals surface area contributed by atoms with E-state index in [1.165, 1.54) is 12.1 Å². The van der Waals surface area contributed by atoms with Crippen LogP contribution >= 0.6 is 0 Å². The zero-order valence-electron chi connectivity index (χ0n) is 10.7. The molecule has 0 radical (unpaired) electrons. The first-order chi connectivity index (χ1) is 10.00. The molecule has 1 saturated heterocycles. The smallest absolute Gasteiger partial charge is 0.374 e. The van der Waals surface area contributed by atoms with Crippen LogP contribution in [0.4, 0.5) is 0 Å².